The van der Waals surface area contributed by atoms with Crippen LogP contribution in [0.1, 0.15) is 25.0 Å². The van der Waals surface area contributed by atoms with Crippen LogP contribution in [0.25, 0.3) is 11.4 Å². The van der Waals surface area contributed by atoms with Gasteiger partial charge in [0.1, 0.15) is 6.10 Å². The van der Waals surface area contributed by atoms with Crippen LogP contribution >= 0.6 is 11.6 Å². The van der Waals surface area contributed by atoms with Crippen LogP contribution in [0.5, 0.6) is 0 Å². The second-order valence-corrected chi connectivity index (χ2v) is 8.01. The molecule has 4 rings (SSSR count). The molecule has 3 atom stereocenters. The van der Waals surface area contributed by atoms with Gasteiger partial charge in [0.05, 0.1) is 35.5 Å². The molecule has 3 aromatic rings. The quantitative estimate of drug-likeness (QED) is 0.562. The first-order valence-electron chi connectivity index (χ1n) is 10.2. The lowest BCUT2D eigenvalue weighted by Gasteiger charge is -2.15. The first kappa shape index (κ1) is 22.2. The third-order valence-electron chi connectivity index (χ3n) is 5.24. The van der Waals surface area contributed by atoms with E-state index >= 15 is 0 Å². The van der Waals surface area contributed by atoms with Crippen LogP contribution in [0.4, 0.5) is 16.3 Å². The highest BCUT2D eigenvalue weighted by Crippen LogP contribution is 2.38. The maximum Gasteiger partial charge on any atom is 0.413 e. The number of nitriles is 1. The maximum absolute atomic E-state index is 12.5. The van der Waals surface area contributed by atoms with Gasteiger partial charge in [-0.05, 0) is 31.5 Å². The zero-order chi connectivity index (χ0) is 23.5. The van der Waals surface area contributed by atoms with E-state index in [1.54, 1.807) is 44.3 Å². The van der Waals surface area contributed by atoms with Crippen molar-refractivity contribution in [3.63, 3.8) is 0 Å². The zero-order valence-electron chi connectivity index (χ0n) is 17.8. The van der Waals surface area contributed by atoms with E-state index in [-0.39, 0.29) is 17.7 Å². The molecule has 1 fully saturated rings. The van der Waals surface area contributed by atoms with Crippen molar-refractivity contribution in [2.24, 2.45) is 18.9 Å². The number of hydrogen-bond acceptors (Lipinski definition) is 7. The molecular formula is C22H20ClN7O3. The number of hydrogen-bond donors (Lipinski definition) is 2. The van der Waals surface area contributed by atoms with Crippen LogP contribution in [0.2, 0.25) is 5.02 Å². The fourth-order valence-corrected chi connectivity index (χ4v) is 3.58. The molecule has 0 radical (unpaired) electrons. The molecule has 0 saturated heterocycles. The normalized spacial score (nSPS) is 17.5. The summed E-state index contributed by atoms with van der Waals surface area (Å²) in [6, 6.07) is 12.5. The van der Waals surface area contributed by atoms with Crippen LogP contribution in [0.15, 0.2) is 42.6 Å². The predicted molar refractivity (Wildman–Crippen MR) is 120 cm³/mol. The molecule has 2 unspecified atom stereocenters. The fourth-order valence-electron chi connectivity index (χ4n) is 3.30. The molecule has 1 aromatic carbocycles. The van der Waals surface area contributed by atoms with Crippen molar-refractivity contribution in [1.82, 2.24) is 20.0 Å². The smallest absolute Gasteiger partial charge is 0.413 e. The second kappa shape index (κ2) is 9.26. The van der Waals surface area contributed by atoms with E-state index < -0.39 is 12.2 Å². The molecule has 1 aliphatic rings. The minimum atomic E-state index is -0.700. The molecule has 0 aliphatic heterocycles. The van der Waals surface area contributed by atoms with E-state index in [0.717, 1.165) is 0 Å². The Labute approximate surface area is 194 Å². The van der Waals surface area contributed by atoms with Gasteiger partial charge in [0.25, 0.3) is 0 Å². The second-order valence-electron chi connectivity index (χ2n) is 7.60. The predicted octanol–water partition coefficient (Wildman–Crippen LogP) is 3.94. The minimum Gasteiger partial charge on any atom is -0.441 e. The number of carbonyl (C=O) groups excluding carboxylic acids is 2. The number of nitrogens with zero attached hydrogens (tertiary/aromatic N) is 5. The van der Waals surface area contributed by atoms with Gasteiger partial charge in [0.15, 0.2) is 11.5 Å². The summed E-state index contributed by atoms with van der Waals surface area (Å²) < 4.78 is 6.84. The van der Waals surface area contributed by atoms with Crippen molar-refractivity contribution in [3.05, 3.63) is 53.2 Å². The van der Waals surface area contributed by atoms with E-state index in [2.05, 4.69) is 32.0 Å². The largest absolute Gasteiger partial charge is 0.441 e. The van der Waals surface area contributed by atoms with E-state index in [4.69, 9.17) is 21.6 Å². The van der Waals surface area contributed by atoms with Crippen LogP contribution in [-0.4, -0.2) is 32.0 Å². The molecule has 2 amide bonds. The van der Waals surface area contributed by atoms with Gasteiger partial charge in [-0.2, -0.15) is 5.26 Å². The Morgan fingerprint density at radius 3 is 2.73 bits per heavy atom. The molecule has 0 bridgehead atoms. The van der Waals surface area contributed by atoms with E-state index in [1.165, 1.54) is 10.9 Å². The monoisotopic (exact) mass is 465 g/mol. The summed E-state index contributed by atoms with van der Waals surface area (Å²) in [7, 11) is 1.62. The molecule has 2 aromatic heterocycles. The van der Waals surface area contributed by atoms with Gasteiger partial charge < -0.3 is 10.1 Å². The molecule has 10 nitrogen and oxygen atoms in total. The lowest BCUT2D eigenvalue weighted by molar-refractivity contribution is -0.117. The number of carbonyl (C=O) groups is 2. The third kappa shape index (κ3) is 4.94. The maximum atomic E-state index is 12.5. The molecule has 33 heavy (non-hydrogen) atoms. The van der Waals surface area contributed by atoms with Crippen molar-refractivity contribution in [2.45, 2.75) is 19.4 Å². The molecule has 2 N–H and O–H groups in total. The van der Waals surface area contributed by atoms with Crippen molar-refractivity contribution in [3.8, 4) is 17.5 Å². The van der Waals surface area contributed by atoms with Crippen LogP contribution in [0.3, 0.4) is 0 Å². The van der Waals surface area contributed by atoms with Crippen molar-refractivity contribution in [1.29, 1.82) is 5.26 Å². The Morgan fingerprint density at radius 1 is 1.27 bits per heavy atom. The molecular weight excluding hydrogens is 446 g/mol. The highest BCUT2D eigenvalue weighted by molar-refractivity contribution is 6.31. The molecule has 0 spiro atoms. The van der Waals surface area contributed by atoms with Crippen LogP contribution < -0.4 is 10.6 Å². The molecule has 168 valence electrons. The number of rotatable bonds is 6. The number of aromatic nitrogens is 4. The van der Waals surface area contributed by atoms with Gasteiger partial charge in [-0.1, -0.05) is 35.0 Å². The zero-order valence-corrected chi connectivity index (χ0v) is 18.6. The molecule has 11 heteroatoms. The lowest BCUT2D eigenvalue weighted by atomic mass is 10.1. The summed E-state index contributed by atoms with van der Waals surface area (Å²) in [4.78, 5) is 28.9. The van der Waals surface area contributed by atoms with Gasteiger partial charge in [-0.15, -0.1) is 5.10 Å². The fraction of sp³-hybridized carbons (Fsp3) is 0.273. The summed E-state index contributed by atoms with van der Waals surface area (Å²) in [6.45, 7) is 1.72. The Balaban J connectivity index is 1.43. The lowest BCUT2D eigenvalue weighted by Crippen LogP contribution is -2.18. The Morgan fingerprint density at radius 2 is 2.06 bits per heavy atom. The summed E-state index contributed by atoms with van der Waals surface area (Å²) in [5.41, 5.74) is 1.96. The number of halogens is 1. The van der Waals surface area contributed by atoms with E-state index in [0.29, 0.717) is 39.9 Å². The summed E-state index contributed by atoms with van der Waals surface area (Å²) in [5.74, 6) is -0.394. The average Bonchev–Trinajstić information content (AvgIpc) is 3.52. The average molecular weight is 466 g/mol. The van der Waals surface area contributed by atoms with Gasteiger partial charge in [0, 0.05) is 17.6 Å². The van der Waals surface area contributed by atoms with Crippen LogP contribution in [-0.2, 0) is 16.6 Å². The number of anilines is 2. The van der Waals surface area contributed by atoms with Gasteiger partial charge >= 0.3 is 6.09 Å². The number of ether oxygens (including phenoxy) is 1. The van der Waals surface area contributed by atoms with Crippen LogP contribution in [0, 0.1) is 23.2 Å². The molecule has 1 saturated carbocycles. The first-order chi connectivity index (χ1) is 15.9. The number of nitrogens with one attached hydrogen (secondary N) is 2. The summed E-state index contributed by atoms with van der Waals surface area (Å²) >= 11 is 6.17. The SMILES string of the molecule is C[C@@H](OC(=O)Nc1c(-c2ccc(NC(=O)C3CC3C#N)cn2)nnn1C)c1ccccc1Cl. The summed E-state index contributed by atoms with van der Waals surface area (Å²) in [6.07, 6.45) is 0.784. The Hall–Kier alpha value is -3.97. The van der Waals surface area contributed by atoms with Gasteiger partial charge in [-0.3, -0.25) is 15.1 Å². The van der Waals surface area contributed by atoms with Crippen molar-refractivity contribution < 1.29 is 14.3 Å². The van der Waals surface area contributed by atoms with E-state index in [1.807, 2.05) is 6.07 Å². The van der Waals surface area contributed by atoms with Gasteiger partial charge in [0.2, 0.25) is 5.91 Å². The first-order valence-corrected chi connectivity index (χ1v) is 10.5. The number of pyridine rings is 1. The van der Waals surface area contributed by atoms with Crippen molar-refractivity contribution in [2.75, 3.05) is 10.6 Å². The minimum absolute atomic E-state index is 0.201. The molecule has 2 heterocycles. The van der Waals surface area contributed by atoms with E-state index in [9.17, 15) is 9.59 Å². The highest BCUT2D eigenvalue weighted by Gasteiger charge is 2.43. The number of aryl methyl sites for hydroxylation is 1. The Bertz CT molecular complexity index is 1240. The molecule has 1 aliphatic carbocycles. The van der Waals surface area contributed by atoms with Gasteiger partial charge in [-0.25, -0.2) is 9.48 Å². The summed E-state index contributed by atoms with van der Waals surface area (Å²) in [5, 5.41) is 22.8. The topological polar surface area (TPSA) is 135 Å². The number of amides is 2. The van der Waals surface area contributed by atoms with Crippen molar-refractivity contribution >= 4 is 35.1 Å². The highest BCUT2D eigenvalue weighted by atomic mass is 35.5. The Kier molecular flexibility index (Phi) is 6.24. The number of benzene rings is 1. The third-order valence-corrected chi connectivity index (χ3v) is 5.59. The standard InChI is InChI=1S/C22H20ClN7O3/c1-12(15-5-3-4-6-17(15)23)33-22(32)27-20-19(28-29-30(20)2)18-8-7-14(11-25-18)26-21(31)16-9-13(16)10-24/h3-8,11-13,16H,9H2,1-2H3,(H,26,31)(H,27,32)/t12-,13?,16?/m1/s1.